The number of carboxylic acid groups (broad SMARTS) is 1. The molecule has 3 N–H and O–H groups in total. The van der Waals surface area contributed by atoms with Crippen molar-refractivity contribution in [1.29, 1.82) is 0 Å². The lowest BCUT2D eigenvalue weighted by Crippen LogP contribution is -2.15. The van der Waals surface area contributed by atoms with Crippen LogP contribution in [-0.2, 0) is 4.79 Å². The largest absolute Gasteiger partial charge is 0.494 e. The lowest BCUT2D eigenvalue weighted by atomic mass is 10.1. The molecule has 3 aromatic rings. The first-order valence-electron chi connectivity index (χ1n) is 10.8. The molecule has 1 aromatic carbocycles. The molecule has 2 heterocycles. The number of nitrogens with zero attached hydrogens (tertiary/aromatic N) is 3. The number of methoxy groups -OCH3 is 1. The molecule has 4 rings (SSSR count). The minimum absolute atomic E-state index is 0.000499. The van der Waals surface area contributed by atoms with E-state index >= 15 is 0 Å². The van der Waals surface area contributed by atoms with E-state index in [0.717, 1.165) is 17.7 Å². The Morgan fingerprint density at radius 1 is 1.12 bits per heavy atom. The lowest BCUT2D eigenvalue weighted by Gasteiger charge is -2.16. The number of para-hydroxylation sites is 1. The van der Waals surface area contributed by atoms with Gasteiger partial charge in [0, 0.05) is 40.7 Å². The molecule has 10 heteroatoms. The van der Waals surface area contributed by atoms with E-state index < -0.39 is 5.97 Å². The third-order valence-corrected chi connectivity index (χ3v) is 6.02. The van der Waals surface area contributed by atoms with Crippen LogP contribution >= 0.6 is 11.8 Å². The van der Waals surface area contributed by atoms with Crippen molar-refractivity contribution >= 4 is 40.8 Å². The zero-order valence-corrected chi connectivity index (χ0v) is 19.8. The summed E-state index contributed by atoms with van der Waals surface area (Å²) in [5.74, 6) is -0.0349. The van der Waals surface area contributed by atoms with Crippen LogP contribution in [0.2, 0.25) is 0 Å². The molecule has 0 radical (unpaired) electrons. The van der Waals surface area contributed by atoms with Crippen LogP contribution in [0.4, 0.5) is 17.2 Å². The summed E-state index contributed by atoms with van der Waals surface area (Å²) in [6.07, 6.45) is 6.47. The molecule has 0 bridgehead atoms. The van der Waals surface area contributed by atoms with Crippen LogP contribution in [0.1, 0.15) is 37.0 Å². The van der Waals surface area contributed by atoms with Gasteiger partial charge in [-0.05, 0) is 25.0 Å². The zero-order chi connectivity index (χ0) is 24.2. The summed E-state index contributed by atoms with van der Waals surface area (Å²) < 4.78 is 5.65. The molecule has 0 atom stereocenters. The highest BCUT2D eigenvalue weighted by atomic mass is 32.2. The van der Waals surface area contributed by atoms with Gasteiger partial charge in [-0.3, -0.25) is 4.79 Å². The molecule has 0 aliphatic heterocycles. The maximum absolute atomic E-state index is 12.1. The number of nitrogens with one attached hydrogen (secondary N) is 2. The number of pyridine rings is 1. The third kappa shape index (κ3) is 5.45. The SMILES string of the molecule is COc1c(Nc2cc(NC(=O)C3CC3)ncc2C(=O)O)cccc1-c1ncc(SC(C)C)cn1. The number of aromatic nitrogens is 3. The number of thioether (sulfide) groups is 1. The topological polar surface area (TPSA) is 126 Å². The number of anilines is 3. The van der Waals surface area contributed by atoms with Gasteiger partial charge in [0.25, 0.3) is 0 Å². The Labute approximate surface area is 201 Å². The van der Waals surface area contributed by atoms with Gasteiger partial charge in [0.1, 0.15) is 11.4 Å². The fraction of sp³-hybridized carbons (Fsp3) is 0.292. The lowest BCUT2D eigenvalue weighted by molar-refractivity contribution is -0.117. The van der Waals surface area contributed by atoms with Crippen LogP contribution in [0.5, 0.6) is 5.75 Å². The number of hydrogen-bond donors (Lipinski definition) is 3. The molecule has 9 nitrogen and oxygen atoms in total. The maximum atomic E-state index is 12.1. The molecule has 34 heavy (non-hydrogen) atoms. The fourth-order valence-electron chi connectivity index (χ4n) is 3.34. The number of rotatable bonds is 9. The second kappa shape index (κ2) is 10.1. The molecule has 2 aromatic heterocycles. The summed E-state index contributed by atoms with van der Waals surface area (Å²) >= 11 is 1.67. The summed E-state index contributed by atoms with van der Waals surface area (Å²) in [6.45, 7) is 4.20. The van der Waals surface area contributed by atoms with Crippen LogP contribution in [0.15, 0.2) is 47.8 Å². The van der Waals surface area contributed by atoms with Crippen molar-refractivity contribution in [3.8, 4) is 17.1 Å². The van der Waals surface area contributed by atoms with Gasteiger partial charge in [-0.2, -0.15) is 0 Å². The number of carbonyl (C=O) groups is 2. The molecule has 176 valence electrons. The monoisotopic (exact) mass is 479 g/mol. The molecular formula is C24H25N5O4S. The number of carbonyl (C=O) groups excluding carboxylic acids is 1. The van der Waals surface area contributed by atoms with Crippen molar-refractivity contribution in [2.45, 2.75) is 36.8 Å². The summed E-state index contributed by atoms with van der Waals surface area (Å²) in [6, 6.07) is 6.91. The second-order valence-electron chi connectivity index (χ2n) is 8.10. The highest BCUT2D eigenvalue weighted by molar-refractivity contribution is 7.99. The molecule has 1 aliphatic rings. The predicted octanol–water partition coefficient (Wildman–Crippen LogP) is 4.84. The first kappa shape index (κ1) is 23.5. The Hall–Kier alpha value is -3.66. The van der Waals surface area contributed by atoms with E-state index in [4.69, 9.17) is 4.74 Å². The number of ether oxygens (including phenoxy) is 1. The van der Waals surface area contributed by atoms with Crippen LogP contribution in [0, 0.1) is 5.92 Å². The van der Waals surface area contributed by atoms with E-state index in [2.05, 4.69) is 39.4 Å². The summed E-state index contributed by atoms with van der Waals surface area (Å²) in [7, 11) is 1.53. The van der Waals surface area contributed by atoms with Crippen molar-refractivity contribution in [2.75, 3.05) is 17.7 Å². The number of aromatic carboxylic acids is 1. The van der Waals surface area contributed by atoms with E-state index in [1.54, 1.807) is 36.3 Å². The van der Waals surface area contributed by atoms with Crippen molar-refractivity contribution in [1.82, 2.24) is 15.0 Å². The van der Waals surface area contributed by atoms with E-state index in [-0.39, 0.29) is 28.9 Å². The third-order valence-electron chi connectivity index (χ3n) is 5.06. The Morgan fingerprint density at radius 2 is 1.85 bits per heavy atom. The standard InChI is InChI=1S/C24H25N5O4S/c1-13(2)34-15-10-26-22(27-11-15)16-5-4-6-18(21(16)33-3)28-19-9-20(25-12-17(19)24(31)32)29-23(30)14-7-8-14/h4-6,9-14H,7-8H2,1-3H3,(H,31,32)(H2,25,28,29,30). The van der Waals surface area contributed by atoms with Gasteiger partial charge in [0.15, 0.2) is 11.6 Å². The van der Waals surface area contributed by atoms with Gasteiger partial charge < -0.3 is 20.5 Å². The quantitative estimate of drug-likeness (QED) is 0.370. The normalized spacial score (nSPS) is 12.9. The minimum atomic E-state index is -1.15. The van der Waals surface area contributed by atoms with E-state index in [9.17, 15) is 14.7 Å². The maximum Gasteiger partial charge on any atom is 0.339 e. The first-order valence-corrected chi connectivity index (χ1v) is 11.7. The number of benzene rings is 1. The summed E-state index contributed by atoms with van der Waals surface area (Å²) in [5.41, 5.74) is 1.41. The Bertz CT molecular complexity index is 1210. The smallest absolute Gasteiger partial charge is 0.339 e. The fourth-order valence-corrected chi connectivity index (χ4v) is 4.11. The average molecular weight is 480 g/mol. The van der Waals surface area contributed by atoms with Crippen LogP contribution in [0.3, 0.4) is 0 Å². The van der Waals surface area contributed by atoms with E-state index in [0.29, 0.717) is 28.1 Å². The number of amides is 1. The average Bonchev–Trinajstić information content (AvgIpc) is 3.65. The van der Waals surface area contributed by atoms with E-state index in [1.165, 1.54) is 19.4 Å². The van der Waals surface area contributed by atoms with E-state index in [1.807, 2.05) is 6.07 Å². The molecule has 0 spiro atoms. The van der Waals surface area contributed by atoms with Crippen LogP contribution < -0.4 is 15.4 Å². The van der Waals surface area contributed by atoms with Crippen molar-refractivity contribution in [3.05, 3.63) is 48.4 Å². The molecule has 1 aliphatic carbocycles. The van der Waals surface area contributed by atoms with Gasteiger partial charge in [-0.25, -0.2) is 19.7 Å². The van der Waals surface area contributed by atoms with Gasteiger partial charge in [-0.1, -0.05) is 19.9 Å². The van der Waals surface area contributed by atoms with Crippen molar-refractivity contribution in [2.24, 2.45) is 5.92 Å². The minimum Gasteiger partial charge on any atom is -0.494 e. The van der Waals surface area contributed by atoms with Gasteiger partial charge in [0.2, 0.25) is 5.91 Å². The molecule has 0 unspecified atom stereocenters. The van der Waals surface area contributed by atoms with Crippen molar-refractivity contribution < 1.29 is 19.4 Å². The highest BCUT2D eigenvalue weighted by Crippen LogP contribution is 2.38. The molecule has 1 saturated carbocycles. The molecule has 1 fully saturated rings. The molecular weight excluding hydrogens is 454 g/mol. The molecule has 1 amide bonds. The van der Waals surface area contributed by atoms with Crippen molar-refractivity contribution in [3.63, 3.8) is 0 Å². The van der Waals surface area contributed by atoms with Gasteiger partial charge in [0.05, 0.1) is 24.0 Å². The van der Waals surface area contributed by atoms with Crippen LogP contribution in [0.25, 0.3) is 11.4 Å². The Morgan fingerprint density at radius 3 is 2.47 bits per heavy atom. The summed E-state index contributed by atoms with van der Waals surface area (Å²) in [5, 5.41) is 15.9. The summed E-state index contributed by atoms with van der Waals surface area (Å²) in [4.78, 5) is 37.9. The van der Waals surface area contributed by atoms with Gasteiger partial charge >= 0.3 is 5.97 Å². The highest BCUT2D eigenvalue weighted by Gasteiger charge is 2.30. The zero-order valence-electron chi connectivity index (χ0n) is 19.0. The number of carboxylic acids is 1. The Kier molecular flexibility index (Phi) is 6.97. The number of hydrogen-bond acceptors (Lipinski definition) is 8. The predicted molar refractivity (Wildman–Crippen MR) is 131 cm³/mol. The van der Waals surface area contributed by atoms with Crippen LogP contribution in [-0.4, -0.2) is 44.3 Å². The Balaban J connectivity index is 1.66. The second-order valence-corrected chi connectivity index (χ2v) is 9.75. The molecule has 0 saturated heterocycles. The van der Waals surface area contributed by atoms with Gasteiger partial charge in [-0.15, -0.1) is 11.8 Å². The first-order chi connectivity index (χ1) is 16.4.